The number of benzene rings is 1. The van der Waals surface area contributed by atoms with E-state index >= 15 is 0 Å². The Hall–Kier alpha value is -2.83. The van der Waals surface area contributed by atoms with E-state index in [4.69, 9.17) is 9.73 Å². The fraction of sp³-hybridized carbons (Fsp3) is 0.542. The molecule has 2 N–H and O–H groups in total. The minimum atomic E-state index is -0.133. The topological polar surface area (TPSA) is 83.0 Å². The number of hydrogen-bond donors (Lipinski definition) is 2. The molecular weight excluding hydrogens is 392 g/mol. The first-order valence-electron chi connectivity index (χ1n) is 11.2. The Kier molecular flexibility index (Phi) is 6.30. The van der Waals surface area contributed by atoms with Gasteiger partial charge in [-0.1, -0.05) is 37.3 Å². The van der Waals surface area contributed by atoms with E-state index in [9.17, 15) is 9.59 Å². The Bertz CT molecular complexity index is 867. The third-order valence-corrected chi connectivity index (χ3v) is 6.73. The Morgan fingerprint density at radius 3 is 2.48 bits per heavy atom. The summed E-state index contributed by atoms with van der Waals surface area (Å²) < 4.78 is 5.46. The zero-order valence-electron chi connectivity index (χ0n) is 18.5. The number of allylic oxidation sites excluding steroid dienone is 2. The van der Waals surface area contributed by atoms with Crippen molar-refractivity contribution in [2.24, 2.45) is 28.7 Å². The number of ether oxygens (including phenoxy) is 1. The van der Waals surface area contributed by atoms with Gasteiger partial charge in [0.25, 0.3) is 0 Å². The van der Waals surface area contributed by atoms with Gasteiger partial charge in [0.15, 0.2) is 5.96 Å². The van der Waals surface area contributed by atoms with Crippen LogP contribution in [0.1, 0.15) is 31.7 Å². The maximum atomic E-state index is 12.8. The van der Waals surface area contributed by atoms with Crippen LogP contribution in [0.2, 0.25) is 0 Å². The van der Waals surface area contributed by atoms with Gasteiger partial charge in [-0.25, -0.2) is 0 Å². The van der Waals surface area contributed by atoms with Crippen molar-refractivity contribution in [1.82, 2.24) is 15.5 Å². The molecule has 2 amide bonds. The molecule has 2 bridgehead atoms. The van der Waals surface area contributed by atoms with Gasteiger partial charge in [0.05, 0.1) is 18.9 Å². The molecular formula is C24H32N4O3. The van der Waals surface area contributed by atoms with Crippen LogP contribution in [0, 0.1) is 23.7 Å². The number of rotatable bonds is 8. The van der Waals surface area contributed by atoms with Gasteiger partial charge >= 0.3 is 0 Å². The highest BCUT2D eigenvalue weighted by atomic mass is 16.5. The molecule has 2 fully saturated rings. The molecule has 7 heteroatoms. The Labute approximate surface area is 183 Å². The minimum absolute atomic E-state index is 0.000356. The van der Waals surface area contributed by atoms with Crippen LogP contribution in [0.25, 0.3) is 0 Å². The Morgan fingerprint density at radius 2 is 1.84 bits per heavy atom. The lowest BCUT2D eigenvalue weighted by atomic mass is 9.85. The number of carbonyl (C=O) groups is 2. The number of guanidine groups is 1. The second-order valence-electron chi connectivity index (χ2n) is 8.62. The second kappa shape index (κ2) is 9.12. The van der Waals surface area contributed by atoms with Crippen LogP contribution in [0.15, 0.2) is 41.4 Å². The van der Waals surface area contributed by atoms with Crippen LogP contribution in [0.5, 0.6) is 5.75 Å². The van der Waals surface area contributed by atoms with Gasteiger partial charge in [0.2, 0.25) is 11.8 Å². The number of nitrogens with one attached hydrogen (secondary N) is 2. The molecule has 0 radical (unpaired) electrons. The first kappa shape index (κ1) is 21.4. The summed E-state index contributed by atoms with van der Waals surface area (Å²) in [5, 5.41) is 6.51. The largest absolute Gasteiger partial charge is 0.496 e. The van der Waals surface area contributed by atoms with E-state index < -0.39 is 0 Å². The summed E-state index contributed by atoms with van der Waals surface area (Å²) >= 11 is 0. The number of nitrogens with zero attached hydrogens (tertiary/aromatic N) is 2. The number of methoxy groups -OCH3 is 1. The van der Waals surface area contributed by atoms with Crippen LogP contribution in [0.4, 0.5) is 0 Å². The number of fused-ring (bicyclic) bond motifs is 5. The average molecular weight is 425 g/mol. The molecule has 3 aliphatic rings. The number of para-hydroxylation sites is 1. The molecule has 4 rings (SSSR count). The number of imide groups is 1. The summed E-state index contributed by atoms with van der Waals surface area (Å²) in [6, 6.07) is 7.98. The van der Waals surface area contributed by atoms with E-state index in [1.807, 2.05) is 25.1 Å². The third-order valence-electron chi connectivity index (χ3n) is 6.73. The number of carbonyl (C=O) groups excluding carboxylic acids is 2. The number of amides is 2. The van der Waals surface area contributed by atoms with Crippen molar-refractivity contribution in [3.8, 4) is 5.75 Å². The van der Waals surface area contributed by atoms with Crippen molar-refractivity contribution in [2.45, 2.75) is 26.2 Å². The molecule has 31 heavy (non-hydrogen) atoms. The summed E-state index contributed by atoms with van der Waals surface area (Å²) in [6.07, 6.45) is 5.20. The van der Waals surface area contributed by atoms with Crippen LogP contribution < -0.4 is 15.4 Å². The molecule has 1 saturated heterocycles. The highest BCUT2D eigenvalue weighted by Crippen LogP contribution is 2.52. The molecule has 1 aromatic carbocycles. The quantitative estimate of drug-likeness (QED) is 0.289. The van der Waals surface area contributed by atoms with Crippen molar-refractivity contribution in [3.05, 3.63) is 42.0 Å². The molecule has 166 valence electrons. The Balaban J connectivity index is 1.33. The maximum absolute atomic E-state index is 12.8. The van der Waals surface area contributed by atoms with Gasteiger partial charge in [-0.2, -0.15) is 0 Å². The van der Waals surface area contributed by atoms with Crippen molar-refractivity contribution >= 4 is 17.8 Å². The SMILES string of the molecule is CCNC(=NCC(C)c1ccccc1OC)NCCN1C(=O)C2C3C=CC(C3)C2C1=O. The van der Waals surface area contributed by atoms with Crippen LogP contribution in [-0.4, -0.2) is 56.0 Å². The van der Waals surface area contributed by atoms with Crippen molar-refractivity contribution in [2.75, 3.05) is 33.3 Å². The summed E-state index contributed by atoms with van der Waals surface area (Å²) in [5.74, 6) is 1.97. The first-order chi connectivity index (χ1) is 15.0. The molecule has 7 nitrogen and oxygen atoms in total. The van der Waals surface area contributed by atoms with E-state index in [0.29, 0.717) is 25.6 Å². The van der Waals surface area contributed by atoms with E-state index in [-0.39, 0.29) is 41.4 Å². The van der Waals surface area contributed by atoms with Gasteiger partial charge < -0.3 is 15.4 Å². The zero-order chi connectivity index (χ0) is 22.0. The van der Waals surface area contributed by atoms with Gasteiger partial charge in [0.1, 0.15) is 5.75 Å². The molecule has 5 atom stereocenters. The monoisotopic (exact) mass is 424 g/mol. The maximum Gasteiger partial charge on any atom is 0.233 e. The lowest BCUT2D eigenvalue weighted by Crippen LogP contribution is -2.43. The highest BCUT2D eigenvalue weighted by Gasteiger charge is 2.58. The number of aliphatic imine (C=N–C) groups is 1. The lowest BCUT2D eigenvalue weighted by molar-refractivity contribution is -0.140. The lowest BCUT2D eigenvalue weighted by Gasteiger charge is -2.19. The fourth-order valence-corrected chi connectivity index (χ4v) is 5.21. The second-order valence-corrected chi connectivity index (χ2v) is 8.62. The van der Waals surface area contributed by atoms with Gasteiger partial charge in [0, 0.05) is 32.1 Å². The van der Waals surface area contributed by atoms with Crippen molar-refractivity contribution in [1.29, 1.82) is 0 Å². The zero-order valence-corrected chi connectivity index (χ0v) is 18.5. The molecule has 1 aliphatic heterocycles. The molecule has 0 spiro atoms. The number of likely N-dealkylation sites (tertiary alicyclic amines) is 1. The summed E-state index contributed by atoms with van der Waals surface area (Å²) in [4.78, 5) is 31.8. The average Bonchev–Trinajstić information content (AvgIpc) is 3.47. The minimum Gasteiger partial charge on any atom is -0.496 e. The van der Waals surface area contributed by atoms with Crippen molar-refractivity contribution < 1.29 is 14.3 Å². The van der Waals surface area contributed by atoms with E-state index in [1.54, 1.807) is 7.11 Å². The predicted molar refractivity (Wildman–Crippen MR) is 120 cm³/mol. The molecule has 0 aromatic heterocycles. The summed E-state index contributed by atoms with van der Waals surface area (Å²) in [6.45, 7) is 6.31. The molecule has 5 unspecified atom stereocenters. The van der Waals surface area contributed by atoms with Gasteiger partial charge in [-0.05, 0) is 36.8 Å². The van der Waals surface area contributed by atoms with Crippen LogP contribution in [0.3, 0.4) is 0 Å². The third kappa shape index (κ3) is 4.05. The molecule has 2 aliphatic carbocycles. The summed E-state index contributed by atoms with van der Waals surface area (Å²) in [7, 11) is 1.68. The predicted octanol–water partition coefficient (Wildman–Crippen LogP) is 2.16. The molecule has 1 aromatic rings. The Morgan fingerprint density at radius 1 is 1.16 bits per heavy atom. The standard InChI is InChI=1S/C24H32N4O3/c1-4-25-24(27-14-15(2)18-7-5-6-8-19(18)31-3)26-11-12-28-22(29)20-16-9-10-17(13-16)21(20)23(28)30/h5-10,15-17,20-21H,4,11-14H2,1-3H3,(H2,25,26,27). The molecule has 1 heterocycles. The van der Waals surface area contributed by atoms with Crippen molar-refractivity contribution in [3.63, 3.8) is 0 Å². The smallest absolute Gasteiger partial charge is 0.233 e. The first-order valence-corrected chi connectivity index (χ1v) is 11.2. The van der Waals surface area contributed by atoms with Gasteiger partial charge in [-0.3, -0.25) is 19.5 Å². The van der Waals surface area contributed by atoms with E-state index in [1.165, 1.54) is 4.90 Å². The van der Waals surface area contributed by atoms with E-state index in [2.05, 4.69) is 35.8 Å². The number of hydrogen-bond acceptors (Lipinski definition) is 4. The van der Waals surface area contributed by atoms with E-state index in [0.717, 1.165) is 24.3 Å². The van der Waals surface area contributed by atoms with Gasteiger partial charge in [-0.15, -0.1) is 0 Å². The van der Waals surface area contributed by atoms with Crippen LogP contribution in [-0.2, 0) is 9.59 Å². The highest BCUT2D eigenvalue weighted by molar-refractivity contribution is 6.06. The molecule has 1 saturated carbocycles. The summed E-state index contributed by atoms with van der Waals surface area (Å²) in [5.41, 5.74) is 1.12. The van der Waals surface area contributed by atoms with Crippen LogP contribution >= 0.6 is 0 Å². The fourth-order valence-electron chi connectivity index (χ4n) is 5.21. The normalized spacial score (nSPS) is 27.6.